The van der Waals surface area contributed by atoms with Crippen LogP contribution in [0.5, 0.6) is 17.2 Å². The lowest BCUT2D eigenvalue weighted by atomic mass is 10.2. The number of carbonyl (C=O) groups excluding carboxylic acids is 1. The molecule has 0 bridgehead atoms. The van der Waals surface area contributed by atoms with Crippen LogP contribution in [0.25, 0.3) is 5.69 Å². The van der Waals surface area contributed by atoms with Crippen LogP contribution in [0.4, 0.5) is 20.6 Å². The molecule has 162 valence electrons. The van der Waals surface area contributed by atoms with E-state index in [1.165, 1.54) is 31.6 Å². The van der Waals surface area contributed by atoms with Crippen LogP contribution >= 0.6 is 0 Å². The normalized spacial score (nSPS) is 10.5. The van der Waals surface area contributed by atoms with Crippen molar-refractivity contribution < 1.29 is 18.7 Å². The van der Waals surface area contributed by atoms with E-state index in [1.807, 2.05) is 19.1 Å². The smallest absolute Gasteiger partial charge is 0.323 e. The number of hydrogen-bond donors (Lipinski definition) is 2. The molecule has 0 fully saturated rings. The summed E-state index contributed by atoms with van der Waals surface area (Å²) < 4.78 is 26.7. The Morgan fingerprint density at radius 3 is 2.47 bits per heavy atom. The van der Waals surface area contributed by atoms with Crippen LogP contribution in [0.3, 0.4) is 0 Å². The lowest BCUT2D eigenvalue weighted by Crippen LogP contribution is -2.20. The summed E-state index contributed by atoms with van der Waals surface area (Å²) in [5, 5.41) is 9.38. The Bertz CT molecular complexity index is 1230. The molecule has 0 atom stereocenters. The van der Waals surface area contributed by atoms with Gasteiger partial charge in [0, 0.05) is 11.8 Å². The van der Waals surface area contributed by atoms with Crippen molar-refractivity contribution in [2.45, 2.75) is 6.92 Å². The predicted octanol–water partition coefficient (Wildman–Crippen LogP) is 5.16. The molecule has 0 unspecified atom stereocenters. The Kier molecular flexibility index (Phi) is 5.98. The Labute approximate surface area is 183 Å². The molecule has 4 rings (SSSR count). The summed E-state index contributed by atoms with van der Waals surface area (Å²) in [7, 11) is 1.53. The van der Waals surface area contributed by atoms with Crippen LogP contribution in [0.15, 0.2) is 73.3 Å². The fourth-order valence-electron chi connectivity index (χ4n) is 2.99. The Hall–Kier alpha value is -4.40. The van der Waals surface area contributed by atoms with E-state index in [0.29, 0.717) is 17.2 Å². The van der Waals surface area contributed by atoms with E-state index in [1.54, 1.807) is 41.3 Å². The summed E-state index contributed by atoms with van der Waals surface area (Å²) in [5.41, 5.74) is 2.51. The van der Waals surface area contributed by atoms with E-state index in [9.17, 15) is 9.18 Å². The van der Waals surface area contributed by atoms with Crippen molar-refractivity contribution in [2.75, 3.05) is 17.7 Å². The van der Waals surface area contributed by atoms with Crippen molar-refractivity contribution in [3.63, 3.8) is 0 Å². The molecule has 8 nitrogen and oxygen atoms in total. The second-order valence-corrected chi connectivity index (χ2v) is 6.86. The number of halogens is 1. The number of anilines is 2. The summed E-state index contributed by atoms with van der Waals surface area (Å²) in [6.07, 6.45) is 3.01. The highest BCUT2D eigenvalue weighted by atomic mass is 19.1. The van der Waals surface area contributed by atoms with Gasteiger partial charge in [-0.3, -0.25) is 0 Å². The molecule has 0 aliphatic rings. The topological polar surface area (TPSA) is 90.3 Å². The van der Waals surface area contributed by atoms with Crippen molar-refractivity contribution in [3.05, 3.63) is 84.7 Å². The summed E-state index contributed by atoms with van der Waals surface area (Å²) in [6.45, 7) is 1.93. The van der Waals surface area contributed by atoms with Crippen molar-refractivity contribution in [1.29, 1.82) is 0 Å². The third-order valence-corrected chi connectivity index (χ3v) is 4.54. The van der Waals surface area contributed by atoms with Gasteiger partial charge in [0.1, 0.15) is 18.5 Å². The molecule has 4 aromatic rings. The van der Waals surface area contributed by atoms with Crippen molar-refractivity contribution in [1.82, 2.24) is 14.8 Å². The van der Waals surface area contributed by atoms with E-state index in [4.69, 9.17) is 9.47 Å². The lowest BCUT2D eigenvalue weighted by molar-refractivity contribution is 0.262. The van der Waals surface area contributed by atoms with E-state index in [0.717, 1.165) is 11.3 Å². The number of methoxy groups -OCH3 is 1. The molecule has 3 aromatic carbocycles. The number of nitrogens with one attached hydrogen (secondary N) is 2. The maximum absolute atomic E-state index is 13.9. The van der Waals surface area contributed by atoms with E-state index < -0.39 is 11.8 Å². The van der Waals surface area contributed by atoms with Gasteiger partial charge in [0.2, 0.25) is 0 Å². The summed E-state index contributed by atoms with van der Waals surface area (Å²) in [5.74, 6) is 0.722. The first-order valence-corrected chi connectivity index (χ1v) is 9.67. The number of amides is 2. The average Bonchev–Trinajstić information content (AvgIpc) is 3.32. The minimum Gasteiger partial charge on any atom is -0.493 e. The first-order valence-electron chi connectivity index (χ1n) is 9.67. The highest BCUT2D eigenvalue weighted by Gasteiger charge is 2.13. The Morgan fingerprint density at radius 2 is 1.75 bits per heavy atom. The van der Waals surface area contributed by atoms with E-state index in [2.05, 4.69) is 20.7 Å². The maximum atomic E-state index is 13.9. The van der Waals surface area contributed by atoms with Crippen LogP contribution in [0.1, 0.15) is 5.56 Å². The van der Waals surface area contributed by atoms with Crippen molar-refractivity contribution in [3.8, 4) is 22.9 Å². The molecule has 1 aromatic heterocycles. The van der Waals surface area contributed by atoms with Gasteiger partial charge in [0.25, 0.3) is 0 Å². The average molecular weight is 433 g/mol. The SMILES string of the molecule is COc1cc(C)ccc1Oc1ccc(F)cc1NC(=O)Nc1ccc(-n2cncn2)cc1. The number of benzene rings is 3. The number of carbonyl (C=O) groups is 1. The molecule has 2 amide bonds. The molecule has 2 N–H and O–H groups in total. The molecule has 0 radical (unpaired) electrons. The van der Waals surface area contributed by atoms with Crippen LogP contribution in [0.2, 0.25) is 0 Å². The second-order valence-electron chi connectivity index (χ2n) is 6.86. The van der Waals surface area contributed by atoms with Gasteiger partial charge in [-0.1, -0.05) is 6.07 Å². The first kappa shape index (κ1) is 20.9. The number of nitrogens with zero attached hydrogens (tertiary/aromatic N) is 3. The first-order chi connectivity index (χ1) is 15.5. The molecular formula is C23H20FN5O3. The van der Waals surface area contributed by atoms with E-state index >= 15 is 0 Å². The van der Waals surface area contributed by atoms with Gasteiger partial charge in [-0.15, -0.1) is 0 Å². The minimum atomic E-state index is -0.551. The van der Waals surface area contributed by atoms with Gasteiger partial charge in [0.15, 0.2) is 17.2 Å². The summed E-state index contributed by atoms with van der Waals surface area (Å²) in [6, 6.07) is 15.8. The van der Waals surface area contributed by atoms with Crippen LogP contribution in [0, 0.1) is 12.7 Å². The zero-order valence-electron chi connectivity index (χ0n) is 17.4. The highest BCUT2D eigenvalue weighted by molar-refractivity contribution is 6.00. The third kappa shape index (κ3) is 4.84. The van der Waals surface area contributed by atoms with Gasteiger partial charge in [-0.2, -0.15) is 5.10 Å². The molecule has 0 aliphatic heterocycles. The molecule has 0 saturated heterocycles. The third-order valence-electron chi connectivity index (χ3n) is 4.54. The van der Waals surface area contributed by atoms with Crippen LogP contribution < -0.4 is 20.1 Å². The number of aryl methyl sites for hydroxylation is 1. The van der Waals surface area contributed by atoms with Gasteiger partial charge in [-0.05, 0) is 61.0 Å². The van der Waals surface area contributed by atoms with Crippen LogP contribution in [-0.2, 0) is 0 Å². The Morgan fingerprint density at radius 1 is 0.969 bits per heavy atom. The van der Waals surface area contributed by atoms with Crippen molar-refractivity contribution in [2.24, 2.45) is 0 Å². The molecule has 0 saturated carbocycles. The predicted molar refractivity (Wildman–Crippen MR) is 118 cm³/mol. The fraction of sp³-hybridized carbons (Fsp3) is 0.0870. The number of aromatic nitrogens is 3. The number of urea groups is 1. The number of rotatable bonds is 6. The largest absolute Gasteiger partial charge is 0.493 e. The van der Waals surface area contributed by atoms with Gasteiger partial charge < -0.3 is 20.1 Å². The minimum absolute atomic E-state index is 0.171. The molecule has 9 heteroatoms. The monoisotopic (exact) mass is 433 g/mol. The molecule has 0 aliphatic carbocycles. The van der Waals surface area contributed by atoms with E-state index in [-0.39, 0.29) is 11.4 Å². The molecular weight excluding hydrogens is 413 g/mol. The van der Waals surface area contributed by atoms with Crippen LogP contribution in [-0.4, -0.2) is 27.9 Å². The second kappa shape index (κ2) is 9.17. The molecule has 0 spiro atoms. The summed E-state index contributed by atoms with van der Waals surface area (Å²) in [4.78, 5) is 16.4. The standard InChI is InChI=1S/C23H20FN5O3/c1-15-3-9-21(22(11-15)31-2)32-20-10-4-16(24)12-19(20)28-23(30)27-17-5-7-18(8-6-17)29-14-25-13-26-29/h3-14H,1-2H3,(H2,27,28,30). The quantitative estimate of drug-likeness (QED) is 0.438. The highest BCUT2D eigenvalue weighted by Crippen LogP contribution is 2.36. The zero-order valence-corrected chi connectivity index (χ0v) is 17.4. The summed E-state index contributed by atoms with van der Waals surface area (Å²) >= 11 is 0. The van der Waals surface area contributed by atoms with Crippen molar-refractivity contribution >= 4 is 17.4 Å². The zero-order chi connectivity index (χ0) is 22.5. The van der Waals surface area contributed by atoms with Gasteiger partial charge in [0.05, 0.1) is 18.5 Å². The lowest BCUT2D eigenvalue weighted by Gasteiger charge is -2.15. The van der Waals surface area contributed by atoms with Gasteiger partial charge in [-0.25, -0.2) is 18.9 Å². The fourth-order valence-corrected chi connectivity index (χ4v) is 2.99. The number of ether oxygens (including phenoxy) is 2. The van der Waals surface area contributed by atoms with Gasteiger partial charge >= 0.3 is 6.03 Å². The molecule has 1 heterocycles. The Balaban J connectivity index is 1.49. The number of hydrogen-bond acceptors (Lipinski definition) is 5. The maximum Gasteiger partial charge on any atom is 0.323 e. The molecule has 32 heavy (non-hydrogen) atoms.